The third kappa shape index (κ3) is 2.70. The van der Waals surface area contributed by atoms with Crippen LogP contribution < -0.4 is 5.32 Å². The number of imidazole rings is 1. The van der Waals surface area contributed by atoms with E-state index in [1.807, 2.05) is 12.1 Å². The van der Waals surface area contributed by atoms with E-state index in [9.17, 15) is 5.11 Å². The summed E-state index contributed by atoms with van der Waals surface area (Å²) in [5, 5.41) is 12.6. The lowest BCUT2D eigenvalue weighted by molar-refractivity contribution is 0.475. The van der Waals surface area contributed by atoms with Gasteiger partial charge in [-0.3, -0.25) is 0 Å². The number of nitrogens with one attached hydrogen (secondary N) is 1. The van der Waals surface area contributed by atoms with Gasteiger partial charge in [0.2, 0.25) is 0 Å². The Balaban J connectivity index is 1.87. The summed E-state index contributed by atoms with van der Waals surface area (Å²) in [5.74, 6) is 1.29. The number of aromatic nitrogens is 2. The van der Waals surface area contributed by atoms with Crippen LogP contribution in [0.5, 0.6) is 5.75 Å². The molecule has 0 saturated heterocycles. The minimum Gasteiger partial charge on any atom is -0.508 e. The molecule has 21 heavy (non-hydrogen) atoms. The Hall–Kier alpha value is -2.49. The topological polar surface area (TPSA) is 50.1 Å². The third-order valence-electron chi connectivity index (χ3n) is 3.62. The predicted molar refractivity (Wildman–Crippen MR) is 85.6 cm³/mol. The summed E-state index contributed by atoms with van der Waals surface area (Å²) in [6, 6.07) is 13.4. The lowest BCUT2D eigenvalue weighted by atomic mass is 10.2. The summed E-state index contributed by atoms with van der Waals surface area (Å²) in [5.41, 5.74) is 4.41. The Morgan fingerprint density at radius 3 is 2.62 bits per heavy atom. The second kappa shape index (κ2) is 5.48. The molecule has 0 atom stereocenters. The van der Waals surface area contributed by atoms with Gasteiger partial charge in [-0.25, -0.2) is 4.98 Å². The number of benzene rings is 2. The Labute approximate surface area is 124 Å². The van der Waals surface area contributed by atoms with Gasteiger partial charge in [0.25, 0.3) is 0 Å². The largest absolute Gasteiger partial charge is 0.508 e. The van der Waals surface area contributed by atoms with Crippen LogP contribution in [-0.2, 0) is 13.1 Å². The van der Waals surface area contributed by atoms with Crippen molar-refractivity contribution in [1.82, 2.24) is 9.55 Å². The van der Waals surface area contributed by atoms with E-state index in [1.54, 1.807) is 12.1 Å². The molecule has 0 radical (unpaired) electrons. The van der Waals surface area contributed by atoms with E-state index in [4.69, 9.17) is 4.98 Å². The number of aromatic hydroxyl groups is 1. The van der Waals surface area contributed by atoms with Gasteiger partial charge in [-0.05, 0) is 55.8 Å². The summed E-state index contributed by atoms with van der Waals surface area (Å²) in [4.78, 5) is 4.73. The van der Waals surface area contributed by atoms with Crippen molar-refractivity contribution in [2.24, 2.45) is 0 Å². The molecule has 1 heterocycles. The van der Waals surface area contributed by atoms with Crippen LogP contribution in [0.15, 0.2) is 42.5 Å². The van der Waals surface area contributed by atoms with Crippen molar-refractivity contribution in [2.75, 3.05) is 5.32 Å². The molecular weight excluding hydrogens is 262 g/mol. The fraction of sp³-hybridized carbons (Fsp3) is 0.235. The van der Waals surface area contributed by atoms with E-state index < -0.39 is 0 Å². The molecule has 0 aliphatic heterocycles. The van der Waals surface area contributed by atoms with Crippen molar-refractivity contribution in [3.8, 4) is 5.75 Å². The van der Waals surface area contributed by atoms with Gasteiger partial charge in [0.05, 0.1) is 17.6 Å². The fourth-order valence-corrected chi connectivity index (χ4v) is 2.54. The first-order chi connectivity index (χ1) is 10.2. The third-order valence-corrected chi connectivity index (χ3v) is 3.62. The van der Waals surface area contributed by atoms with E-state index >= 15 is 0 Å². The van der Waals surface area contributed by atoms with Gasteiger partial charge < -0.3 is 15.0 Å². The van der Waals surface area contributed by atoms with Gasteiger partial charge in [-0.15, -0.1) is 0 Å². The predicted octanol–water partition coefficient (Wildman–Crippen LogP) is 3.68. The molecule has 4 nitrogen and oxygen atoms in total. The molecule has 3 aromatic rings. The van der Waals surface area contributed by atoms with Crippen LogP contribution in [0.4, 0.5) is 5.69 Å². The molecule has 108 valence electrons. The van der Waals surface area contributed by atoms with Crippen LogP contribution in [0.3, 0.4) is 0 Å². The zero-order chi connectivity index (χ0) is 14.8. The van der Waals surface area contributed by atoms with Crippen LogP contribution in [0.25, 0.3) is 11.0 Å². The molecule has 4 heteroatoms. The Bertz CT molecular complexity index is 760. The average Bonchev–Trinajstić information content (AvgIpc) is 2.83. The van der Waals surface area contributed by atoms with Crippen LogP contribution in [0.2, 0.25) is 0 Å². The van der Waals surface area contributed by atoms with E-state index in [2.05, 4.69) is 41.9 Å². The van der Waals surface area contributed by atoms with Crippen LogP contribution in [-0.4, -0.2) is 14.7 Å². The highest BCUT2D eigenvalue weighted by atomic mass is 16.3. The normalized spacial score (nSPS) is 11.0. The summed E-state index contributed by atoms with van der Waals surface area (Å²) in [6.45, 7) is 5.77. The van der Waals surface area contributed by atoms with Gasteiger partial charge >= 0.3 is 0 Å². The van der Waals surface area contributed by atoms with Crippen molar-refractivity contribution in [3.05, 3.63) is 53.9 Å². The van der Waals surface area contributed by atoms with E-state index in [0.717, 1.165) is 23.6 Å². The highest BCUT2D eigenvalue weighted by Crippen LogP contribution is 2.19. The number of rotatable bonds is 4. The smallest absolute Gasteiger partial charge is 0.129 e. The Kier molecular flexibility index (Phi) is 3.52. The van der Waals surface area contributed by atoms with Gasteiger partial charge in [0, 0.05) is 12.2 Å². The lowest BCUT2D eigenvalue weighted by Crippen LogP contribution is -2.07. The first kappa shape index (κ1) is 13.5. The fourth-order valence-electron chi connectivity index (χ4n) is 2.54. The maximum atomic E-state index is 9.30. The molecule has 2 aromatic carbocycles. The van der Waals surface area contributed by atoms with Gasteiger partial charge in [-0.2, -0.15) is 0 Å². The highest BCUT2D eigenvalue weighted by Gasteiger charge is 2.09. The number of anilines is 1. The van der Waals surface area contributed by atoms with Gasteiger partial charge in [-0.1, -0.05) is 6.07 Å². The zero-order valence-corrected chi connectivity index (χ0v) is 12.3. The summed E-state index contributed by atoms with van der Waals surface area (Å²) in [7, 11) is 0. The number of aryl methyl sites for hydroxylation is 2. The molecular formula is C17H19N3O. The molecule has 3 rings (SSSR count). The SMILES string of the molecule is CCn1c(CNc2ccc(O)cc2)nc2cc(C)ccc21. The number of hydrogen-bond donors (Lipinski definition) is 2. The second-order valence-corrected chi connectivity index (χ2v) is 5.16. The second-order valence-electron chi connectivity index (χ2n) is 5.16. The summed E-state index contributed by atoms with van der Waals surface area (Å²) >= 11 is 0. The van der Waals surface area contributed by atoms with Gasteiger partial charge in [0.15, 0.2) is 0 Å². The number of phenols is 1. The maximum absolute atomic E-state index is 9.30. The van der Waals surface area contributed by atoms with E-state index in [-0.39, 0.29) is 5.75 Å². The Morgan fingerprint density at radius 2 is 1.90 bits per heavy atom. The van der Waals surface area contributed by atoms with Crippen molar-refractivity contribution in [3.63, 3.8) is 0 Å². The molecule has 0 bridgehead atoms. The summed E-state index contributed by atoms with van der Waals surface area (Å²) in [6.07, 6.45) is 0. The first-order valence-corrected chi connectivity index (χ1v) is 7.16. The monoisotopic (exact) mass is 281 g/mol. The Morgan fingerprint density at radius 1 is 1.14 bits per heavy atom. The first-order valence-electron chi connectivity index (χ1n) is 7.16. The lowest BCUT2D eigenvalue weighted by Gasteiger charge is -2.08. The minimum absolute atomic E-state index is 0.275. The molecule has 0 saturated carbocycles. The molecule has 0 aliphatic rings. The number of phenolic OH excluding ortho intramolecular Hbond substituents is 1. The van der Waals surface area contributed by atoms with Crippen molar-refractivity contribution in [1.29, 1.82) is 0 Å². The van der Waals surface area contributed by atoms with Crippen LogP contribution in [0.1, 0.15) is 18.3 Å². The zero-order valence-electron chi connectivity index (χ0n) is 12.3. The highest BCUT2D eigenvalue weighted by molar-refractivity contribution is 5.77. The molecule has 2 N–H and O–H groups in total. The van der Waals surface area contributed by atoms with Crippen LogP contribution in [0, 0.1) is 6.92 Å². The van der Waals surface area contributed by atoms with Crippen molar-refractivity contribution >= 4 is 16.7 Å². The standard InChI is InChI=1S/C17H19N3O/c1-3-20-16-9-4-12(2)10-15(16)19-17(20)11-18-13-5-7-14(21)8-6-13/h4-10,18,21H,3,11H2,1-2H3. The van der Waals surface area contributed by atoms with Crippen molar-refractivity contribution in [2.45, 2.75) is 26.9 Å². The van der Waals surface area contributed by atoms with Crippen molar-refractivity contribution < 1.29 is 5.11 Å². The maximum Gasteiger partial charge on any atom is 0.129 e. The number of fused-ring (bicyclic) bond motifs is 1. The molecule has 1 aromatic heterocycles. The summed E-state index contributed by atoms with van der Waals surface area (Å²) < 4.78 is 2.22. The average molecular weight is 281 g/mol. The molecule has 0 unspecified atom stereocenters. The van der Waals surface area contributed by atoms with E-state index in [1.165, 1.54) is 11.1 Å². The molecule has 0 amide bonds. The number of hydrogen-bond acceptors (Lipinski definition) is 3. The quantitative estimate of drug-likeness (QED) is 0.717. The molecule has 0 aliphatic carbocycles. The number of nitrogens with zero attached hydrogens (tertiary/aromatic N) is 2. The van der Waals surface area contributed by atoms with Gasteiger partial charge in [0.1, 0.15) is 11.6 Å². The van der Waals surface area contributed by atoms with E-state index in [0.29, 0.717) is 6.54 Å². The van der Waals surface area contributed by atoms with Crippen LogP contribution >= 0.6 is 0 Å². The minimum atomic E-state index is 0.275. The molecule has 0 fully saturated rings. The molecule has 0 spiro atoms.